The topological polar surface area (TPSA) is 63.7 Å². The second-order valence-corrected chi connectivity index (χ2v) is 7.76. The van der Waals surface area contributed by atoms with Gasteiger partial charge >= 0.3 is 12.1 Å². The number of carbonyl (C=O) groups excluding carboxylic acids is 1. The number of hydrogen-bond donors (Lipinski definition) is 0. The molecule has 1 aliphatic carbocycles. The standard InChI is InChI=1S/C16H20F3NO4S/c1-2-24-15(21)9-10-20(11-12-7-8-12)25(22,23)14-6-4-3-5-13(14)16(17,18)19/h3-6,12H,2,7-11H2,1H3. The van der Waals surface area contributed by atoms with Crippen molar-refractivity contribution in [3.05, 3.63) is 29.8 Å². The smallest absolute Gasteiger partial charge is 0.417 e. The fourth-order valence-electron chi connectivity index (χ4n) is 2.41. The Labute approximate surface area is 144 Å². The molecule has 0 spiro atoms. The van der Waals surface area contributed by atoms with Crippen molar-refractivity contribution in [3.63, 3.8) is 0 Å². The van der Waals surface area contributed by atoms with Gasteiger partial charge in [0.25, 0.3) is 0 Å². The Balaban J connectivity index is 2.30. The number of benzene rings is 1. The zero-order valence-corrected chi connectivity index (χ0v) is 14.6. The Morgan fingerprint density at radius 2 is 1.92 bits per heavy atom. The molecule has 1 aromatic rings. The highest BCUT2D eigenvalue weighted by molar-refractivity contribution is 7.89. The summed E-state index contributed by atoms with van der Waals surface area (Å²) >= 11 is 0. The number of carbonyl (C=O) groups is 1. The van der Waals surface area contributed by atoms with Crippen molar-refractivity contribution in [1.29, 1.82) is 0 Å². The van der Waals surface area contributed by atoms with Gasteiger partial charge in [-0.1, -0.05) is 12.1 Å². The van der Waals surface area contributed by atoms with Crippen LogP contribution in [0.5, 0.6) is 0 Å². The van der Waals surface area contributed by atoms with Gasteiger partial charge < -0.3 is 4.74 Å². The number of halogens is 3. The molecule has 1 fully saturated rings. The summed E-state index contributed by atoms with van der Waals surface area (Å²) in [7, 11) is -4.37. The van der Waals surface area contributed by atoms with Gasteiger partial charge in [0.05, 0.1) is 23.5 Å². The molecule has 0 bridgehead atoms. The molecule has 0 N–H and O–H groups in total. The van der Waals surface area contributed by atoms with Crippen LogP contribution in [-0.2, 0) is 25.7 Å². The zero-order chi connectivity index (χ0) is 18.7. The summed E-state index contributed by atoms with van der Waals surface area (Å²) in [5.74, 6) is -0.461. The Morgan fingerprint density at radius 1 is 1.28 bits per heavy atom. The zero-order valence-electron chi connectivity index (χ0n) is 13.8. The van der Waals surface area contributed by atoms with Gasteiger partial charge in [-0.05, 0) is 37.8 Å². The van der Waals surface area contributed by atoms with E-state index >= 15 is 0 Å². The first-order valence-electron chi connectivity index (χ1n) is 7.98. The van der Waals surface area contributed by atoms with Crippen LogP contribution in [0.2, 0.25) is 0 Å². The van der Waals surface area contributed by atoms with Gasteiger partial charge in [0.15, 0.2) is 0 Å². The molecule has 2 rings (SSSR count). The van der Waals surface area contributed by atoms with Gasteiger partial charge in [0, 0.05) is 13.1 Å². The molecule has 0 atom stereocenters. The number of esters is 1. The van der Waals surface area contributed by atoms with E-state index in [9.17, 15) is 26.4 Å². The average Bonchev–Trinajstić information content (AvgIpc) is 3.35. The second kappa shape index (κ2) is 7.74. The Morgan fingerprint density at radius 3 is 2.48 bits per heavy atom. The number of rotatable bonds is 8. The van der Waals surface area contributed by atoms with Gasteiger partial charge in [-0.2, -0.15) is 17.5 Å². The van der Waals surface area contributed by atoms with Crippen molar-refractivity contribution in [3.8, 4) is 0 Å². The van der Waals surface area contributed by atoms with Crippen LogP contribution in [-0.4, -0.2) is 38.4 Å². The number of sulfonamides is 1. The molecular weight excluding hydrogens is 359 g/mol. The fraction of sp³-hybridized carbons (Fsp3) is 0.562. The maximum atomic E-state index is 13.2. The second-order valence-electron chi connectivity index (χ2n) is 5.86. The van der Waals surface area contributed by atoms with Crippen molar-refractivity contribution in [2.75, 3.05) is 19.7 Å². The molecule has 0 radical (unpaired) electrons. The maximum absolute atomic E-state index is 13.2. The third kappa shape index (κ3) is 5.18. The van der Waals surface area contributed by atoms with Crippen molar-refractivity contribution >= 4 is 16.0 Å². The number of alkyl halides is 3. The number of ether oxygens (including phenoxy) is 1. The normalized spacial score (nSPS) is 15.4. The van der Waals surface area contributed by atoms with E-state index in [2.05, 4.69) is 0 Å². The van der Waals surface area contributed by atoms with Crippen molar-refractivity contribution in [1.82, 2.24) is 4.31 Å². The molecule has 25 heavy (non-hydrogen) atoms. The molecule has 9 heteroatoms. The molecule has 0 unspecified atom stereocenters. The maximum Gasteiger partial charge on any atom is 0.417 e. The molecule has 0 aliphatic heterocycles. The van der Waals surface area contributed by atoms with Crippen LogP contribution in [0.4, 0.5) is 13.2 Å². The van der Waals surface area contributed by atoms with Crippen LogP contribution in [0.3, 0.4) is 0 Å². The van der Waals surface area contributed by atoms with Crippen molar-refractivity contribution < 1.29 is 31.1 Å². The number of hydrogen-bond acceptors (Lipinski definition) is 4. The van der Waals surface area contributed by atoms with E-state index in [-0.39, 0.29) is 32.0 Å². The van der Waals surface area contributed by atoms with E-state index in [0.717, 1.165) is 35.3 Å². The summed E-state index contributed by atoms with van der Waals surface area (Å²) in [6.07, 6.45) is -3.33. The van der Waals surface area contributed by atoms with E-state index in [1.807, 2.05) is 0 Å². The molecule has 1 saturated carbocycles. The van der Waals surface area contributed by atoms with Crippen molar-refractivity contribution in [2.24, 2.45) is 5.92 Å². The molecule has 1 aliphatic rings. The van der Waals surface area contributed by atoms with Gasteiger partial charge in [-0.15, -0.1) is 0 Å². The summed E-state index contributed by atoms with van der Waals surface area (Å²) in [6.45, 7) is 1.68. The average molecular weight is 379 g/mol. The molecular formula is C16H20F3NO4S. The summed E-state index contributed by atoms with van der Waals surface area (Å²) in [6, 6.07) is 4.09. The monoisotopic (exact) mass is 379 g/mol. The molecule has 0 aromatic heterocycles. The van der Waals surface area contributed by atoms with E-state index in [0.29, 0.717) is 0 Å². The predicted octanol–water partition coefficient (Wildman–Crippen LogP) is 3.06. The largest absolute Gasteiger partial charge is 0.466 e. The molecule has 5 nitrogen and oxygen atoms in total. The van der Waals surface area contributed by atoms with Gasteiger partial charge in [-0.3, -0.25) is 4.79 Å². The fourth-order valence-corrected chi connectivity index (χ4v) is 4.14. The van der Waals surface area contributed by atoms with Crippen LogP contribution >= 0.6 is 0 Å². The first-order chi connectivity index (χ1) is 11.7. The van der Waals surface area contributed by atoms with Crippen LogP contribution in [0.1, 0.15) is 31.7 Å². The van der Waals surface area contributed by atoms with Crippen LogP contribution in [0.25, 0.3) is 0 Å². The summed E-state index contributed by atoms with van der Waals surface area (Å²) in [5, 5.41) is 0. The SMILES string of the molecule is CCOC(=O)CCN(CC1CC1)S(=O)(=O)c1ccccc1C(F)(F)F. The number of nitrogens with zero attached hydrogens (tertiary/aromatic N) is 1. The summed E-state index contributed by atoms with van der Waals surface area (Å²) in [4.78, 5) is 10.7. The highest BCUT2D eigenvalue weighted by Gasteiger charge is 2.40. The predicted molar refractivity (Wildman–Crippen MR) is 84.2 cm³/mol. The first kappa shape index (κ1) is 19.7. The third-order valence-electron chi connectivity index (χ3n) is 3.84. The molecule has 0 saturated heterocycles. The van der Waals surface area contributed by atoms with Crippen molar-refractivity contribution in [2.45, 2.75) is 37.3 Å². The lowest BCUT2D eigenvalue weighted by Crippen LogP contribution is -2.36. The lowest BCUT2D eigenvalue weighted by atomic mass is 10.2. The minimum absolute atomic E-state index is 0.105. The summed E-state index contributed by atoms with van der Waals surface area (Å²) < 4.78 is 70.9. The minimum atomic E-state index is -4.78. The molecule has 1 aromatic carbocycles. The van der Waals surface area contributed by atoms with Gasteiger partial charge in [0.2, 0.25) is 10.0 Å². The summed E-state index contributed by atoms with van der Waals surface area (Å²) in [5.41, 5.74) is -1.20. The lowest BCUT2D eigenvalue weighted by molar-refractivity contribution is -0.143. The molecule has 140 valence electrons. The quantitative estimate of drug-likeness (QED) is 0.652. The third-order valence-corrected chi connectivity index (χ3v) is 5.76. The van der Waals surface area contributed by atoms with Crippen LogP contribution in [0.15, 0.2) is 29.2 Å². The van der Waals surface area contributed by atoms with E-state index in [1.165, 1.54) is 6.07 Å². The van der Waals surface area contributed by atoms with E-state index in [4.69, 9.17) is 4.74 Å². The molecule has 0 amide bonds. The van der Waals surface area contributed by atoms with Crippen LogP contribution < -0.4 is 0 Å². The highest BCUT2D eigenvalue weighted by atomic mass is 32.2. The highest BCUT2D eigenvalue weighted by Crippen LogP contribution is 2.37. The lowest BCUT2D eigenvalue weighted by Gasteiger charge is -2.23. The Kier molecular flexibility index (Phi) is 6.10. The van der Waals surface area contributed by atoms with E-state index < -0.39 is 32.6 Å². The Bertz CT molecular complexity index is 714. The van der Waals surface area contributed by atoms with Crippen LogP contribution in [0, 0.1) is 5.92 Å². The van der Waals surface area contributed by atoms with Gasteiger partial charge in [0.1, 0.15) is 0 Å². The Hall–Kier alpha value is -1.61. The first-order valence-corrected chi connectivity index (χ1v) is 9.42. The van der Waals surface area contributed by atoms with Gasteiger partial charge in [-0.25, -0.2) is 8.42 Å². The minimum Gasteiger partial charge on any atom is -0.466 e. The molecule has 0 heterocycles. The van der Waals surface area contributed by atoms with E-state index in [1.54, 1.807) is 6.92 Å².